The Kier molecular flexibility index (Phi) is 34.9. The Morgan fingerprint density at radius 3 is 1.14 bits per heavy atom. The minimum absolute atomic E-state index is 0.142. The maximum absolute atomic E-state index is 14.0. The molecule has 12 heterocycles. The molecule has 12 atom stereocenters. The Morgan fingerprint density at radius 2 is 0.761 bits per heavy atom. The Labute approximate surface area is 841 Å². The van der Waals surface area contributed by atoms with Crippen molar-refractivity contribution in [3.63, 3.8) is 0 Å². The van der Waals surface area contributed by atoms with E-state index in [9.17, 15) is 39.6 Å². The number of hydrogen-bond donors (Lipinski definition) is 6. The molecule has 7 aliphatic heterocycles. The Balaban J connectivity index is 0.000000133. The molecular formula is C102H137Cl5N22O8S. The van der Waals surface area contributed by atoms with Crippen LogP contribution in [0.1, 0.15) is 219 Å². The number of anilines is 4. The molecule has 30 nitrogen and oxygen atoms in total. The minimum atomic E-state index is -0.515. The van der Waals surface area contributed by atoms with E-state index in [4.69, 9.17) is 58.0 Å². The number of aliphatic hydroxyl groups is 4. The third kappa shape index (κ3) is 24.3. The second kappa shape index (κ2) is 46.9. The van der Waals surface area contributed by atoms with Gasteiger partial charge in [-0.25, -0.2) is 29.9 Å². The van der Waals surface area contributed by atoms with Crippen molar-refractivity contribution in [1.29, 1.82) is 0 Å². The maximum atomic E-state index is 14.0. The molecule has 36 heteroatoms. The highest BCUT2D eigenvalue weighted by molar-refractivity contribution is 7.16. The summed E-state index contributed by atoms with van der Waals surface area (Å²) in [6.45, 7) is 42.7. The van der Waals surface area contributed by atoms with Crippen molar-refractivity contribution in [2.75, 3.05) is 236 Å². The first kappa shape index (κ1) is 103. The number of rotatable bonds is 22. The van der Waals surface area contributed by atoms with Gasteiger partial charge >= 0.3 is 0 Å². The average molecular weight is 2010 g/mol. The van der Waals surface area contributed by atoms with Crippen LogP contribution in [0.4, 0.5) is 23.1 Å². The molecule has 0 radical (unpaired) electrons. The van der Waals surface area contributed by atoms with E-state index < -0.39 is 24.4 Å². The van der Waals surface area contributed by atoms with Gasteiger partial charge in [-0.2, -0.15) is 0 Å². The molecule has 4 aliphatic carbocycles. The normalized spacial score (nSPS) is 23.7. The van der Waals surface area contributed by atoms with Crippen molar-refractivity contribution in [1.82, 2.24) is 89.6 Å². The van der Waals surface area contributed by atoms with Crippen molar-refractivity contribution < 1.29 is 39.6 Å². The van der Waals surface area contributed by atoms with Gasteiger partial charge in [-0.05, 0) is 142 Å². The minimum Gasteiger partial charge on any atom is -0.387 e. The van der Waals surface area contributed by atoms with E-state index in [-0.39, 0.29) is 71.0 Å². The Morgan fingerprint density at radius 1 is 0.399 bits per heavy atom. The monoisotopic (exact) mass is 2000 g/mol. The third-order valence-electron chi connectivity index (χ3n) is 29.8. The van der Waals surface area contributed by atoms with Gasteiger partial charge in [0.15, 0.2) is 0 Å². The molecule has 3 aromatic carbocycles. The van der Waals surface area contributed by atoms with E-state index in [1.54, 1.807) is 31.2 Å². The lowest BCUT2D eigenvalue weighted by Gasteiger charge is -2.41. The zero-order chi connectivity index (χ0) is 97.3. The average Bonchev–Trinajstić information content (AvgIpc) is 1.61. The second-order valence-electron chi connectivity index (χ2n) is 39.8. The predicted molar refractivity (Wildman–Crippen MR) is 547 cm³/mol. The van der Waals surface area contributed by atoms with Crippen LogP contribution in [-0.2, 0) is 19.2 Å². The molecule has 0 spiro atoms. The standard InChI is InChI=1S/C29H39Cl2N5O2.C26H35ClN6O2.C25H33ClN6O2.C22H30ClN5O2S/c1-19(2)34-10-8-33(9-11-34)18-22(21-4-5-23(30)24(31)17-21)29(38)36-14-12-35(13-15-36)25-6-7-32-28-26(37)16-20(3)27(25)28;1-18-15-22(34)24-23(18)25(29-17-28-24)32-11-13-33(14-12-32)26(35)21(19-3-5-20(27)6-4-19)16-31-9-7-30(2)8-10-31;1-17-14-21(33)23-22(17)24(29-16-28-23)31-10-12-32(13-11-31)25(34)20(15-30-8-6-27-7-9-30)18-2-4-19(26)5-3-18;1-13(2)24-11-15(17-4-5-18(23)31-17)22(30)28-8-6-27(7-9-28)21-19-14(3)10-16(29)20(19)25-12-26-21/h4-7,17,19-20,22,26,37H,8-16,18H2,1-3H3;3-6,17-18,21-22,34H,7-16H2,1-2H3;2-5,16-17,20-21,27,33H,6-15H2,1H3;4-5,12-16,24,29H,6-11H2,1-3H3/t20-,22-,26-;18-,21-,22-;17-,20-,21-;14-,15-,16+/m1111/s1. The summed E-state index contributed by atoms with van der Waals surface area (Å²) in [4.78, 5) is 116. The number of carbonyl (C=O) groups is 4. The highest BCUT2D eigenvalue weighted by Gasteiger charge is 2.43. The van der Waals surface area contributed by atoms with E-state index in [0.717, 1.165) is 221 Å². The number of likely N-dealkylation sites (N-methyl/N-ethyl adjacent to an activating group) is 1. The fourth-order valence-corrected chi connectivity index (χ4v) is 23.6. The molecule has 19 rings (SSSR count). The number of benzene rings is 3. The third-order valence-corrected chi connectivity index (χ3v) is 32.4. The molecule has 138 heavy (non-hydrogen) atoms. The number of halogens is 5. The Hall–Kier alpha value is -8.16. The van der Waals surface area contributed by atoms with Gasteiger partial charge in [0.05, 0.1) is 85.2 Å². The summed E-state index contributed by atoms with van der Waals surface area (Å²) >= 11 is 32.5. The van der Waals surface area contributed by atoms with E-state index in [2.05, 4.69) is 158 Å². The van der Waals surface area contributed by atoms with E-state index in [0.29, 0.717) is 141 Å². The number of fused-ring (bicyclic) bond motifs is 4. The molecule has 6 N–H and O–H groups in total. The first-order valence-corrected chi connectivity index (χ1v) is 52.3. The van der Waals surface area contributed by atoms with Gasteiger partial charge in [-0.3, -0.25) is 43.8 Å². The highest BCUT2D eigenvalue weighted by atomic mass is 35.5. The largest absolute Gasteiger partial charge is 0.387 e. The quantitative estimate of drug-likeness (QED) is 0.0367. The number of hydrogen-bond acceptors (Lipinski definition) is 27. The SMILES string of the molecule is CC(C)N1CCN(C[C@@H](C(=O)N2CCN(c3ccnc4c3[C@H](C)C[C@H]4O)CC2)c2ccc(Cl)c(Cl)c2)CC1.CC(C)NC[C@@H](C(=O)N1CCN(c2ncnc3c2[C@H](C)C[C@@H]3O)CC1)c1ccc(Cl)s1.C[C@@H]1C[C@@H](O)c2ncnc(N3CCN(C(=O)[C@H](CN4CCN(C)CC4)c4ccc(Cl)cc4)CC3)c21.C[C@@H]1C[C@@H](O)c2ncnc(N3CCN(C(=O)[C@H](CN4CCNCC4)c4ccc(Cl)cc4)CC3)c21. The van der Waals surface area contributed by atoms with Gasteiger partial charge in [-0.1, -0.05) is 130 Å². The van der Waals surface area contributed by atoms with E-state index >= 15 is 0 Å². The Bertz CT molecular complexity index is 5430. The number of nitrogens with one attached hydrogen (secondary N) is 2. The zero-order valence-electron chi connectivity index (χ0n) is 81.1. The highest BCUT2D eigenvalue weighted by Crippen LogP contribution is 2.48. The van der Waals surface area contributed by atoms with Crippen molar-refractivity contribution >= 4 is 116 Å². The van der Waals surface area contributed by atoms with Gasteiger partial charge in [-0.15, -0.1) is 11.3 Å². The predicted octanol–water partition coefficient (Wildman–Crippen LogP) is 11.9. The van der Waals surface area contributed by atoms with Crippen LogP contribution in [0.25, 0.3) is 0 Å². The van der Waals surface area contributed by atoms with Crippen LogP contribution < -0.4 is 30.2 Å². The van der Waals surface area contributed by atoms with Crippen molar-refractivity contribution in [3.05, 3.63) is 201 Å². The number of pyridine rings is 1. The number of thiophene rings is 1. The van der Waals surface area contributed by atoms with Gasteiger partial charge in [0.2, 0.25) is 23.6 Å². The zero-order valence-corrected chi connectivity index (χ0v) is 85.7. The van der Waals surface area contributed by atoms with Crippen LogP contribution in [0.5, 0.6) is 0 Å². The van der Waals surface area contributed by atoms with E-state index in [1.807, 2.05) is 92.4 Å². The van der Waals surface area contributed by atoms with Crippen LogP contribution in [0.15, 0.2) is 110 Å². The maximum Gasteiger partial charge on any atom is 0.232 e. The number of piperazine rings is 7. The van der Waals surface area contributed by atoms with Crippen LogP contribution in [0, 0.1) is 0 Å². The van der Waals surface area contributed by atoms with Crippen molar-refractivity contribution in [2.45, 2.75) is 165 Å². The number of carbonyl (C=O) groups excluding carboxylic acids is 4. The molecule has 7 fully saturated rings. The molecule has 5 aromatic heterocycles. The lowest BCUT2D eigenvalue weighted by atomic mass is 9.95. The van der Waals surface area contributed by atoms with Crippen LogP contribution >= 0.6 is 69.3 Å². The fraction of sp³-hybridized carbons (Fsp3) is 0.578. The van der Waals surface area contributed by atoms with Crippen LogP contribution in [0.2, 0.25) is 24.4 Å². The molecule has 0 saturated carbocycles. The van der Waals surface area contributed by atoms with Gasteiger partial charge in [0.25, 0.3) is 0 Å². The molecule has 744 valence electrons. The summed E-state index contributed by atoms with van der Waals surface area (Å²) in [5.41, 5.74) is 11.5. The first-order valence-electron chi connectivity index (χ1n) is 49.6. The first-order chi connectivity index (χ1) is 66.5. The summed E-state index contributed by atoms with van der Waals surface area (Å²) in [7, 11) is 2.15. The van der Waals surface area contributed by atoms with Crippen LogP contribution in [-0.4, -0.2) is 352 Å². The van der Waals surface area contributed by atoms with E-state index in [1.165, 1.54) is 11.3 Å². The second-order valence-corrected chi connectivity index (χ2v) is 43.2. The van der Waals surface area contributed by atoms with Gasteiger partial charge in [0.1, 0.15) is 36.4 Å². The number of nitrogens with zero attached hydrogens (tertiary/aromatic N) is 20. The summed E-state index contributed by atoms with van der Waals surface area (Å²) in [5, 5.41) is 50.5. The summed E-state index contributed by atoms with van der Waals surface area (Å²) < 4.78 is 0.705. The lowest BCUT2D eigenvalue weighted by molar-refractivity contribution is -0.134. The van der Waals surface area contributed by atoms with Crippen molar-refractivity contribution in [2.24, 2.45) is 0 Å². The van der Waals surface area contributed by atoms with Crippen molar-refractivity contribution in [3.8, 4) is 0 Å². The lowest BCUT2D eigenvalue weighted by Crippen LogP contribution is -2.53. The van der Waals surface area contributed by atoms with Crippen LogP contribution in [0.3, 0.4) is 0 Å². The summed E-state index contributed by atoms with van der Waals surface area (Å²) in [6, 6.07) is 27.8. The summed E-state index contributed by atoms with van der Waals surface area (Å²) in [6.07, 6.45) is 7.20. The molecule has 0 bridgehead atoms. The summed E-state index contributed by atoms with van der Waals surface area (Å²) in [5.74, 6) is 3.42. The number of aromatic nitrogens is 7. The molecule has 4 amide bonds. The number of aliphatic hydroxyl groups excluding tert-OH is 4. The molecule has 0 unspecified atom stereocenters. The molecule has 7 saturated heterocycles. The topological polar surface area (TPSA) is 306 Å². The molecule has 11 aliphatic rings. The smallest absolute Gasteiger partial charge is 0.232 e. The molecular weight excluding hydrogens is 1870 g/mol. The van der Waals surface area contributed by atoms with Gasteiger partial charge < -0.3 is 75.2 Å². The number of amides is 4. The fourth-order valence-electron chi connectivity index (χ4n) is 21.9. The van der Waals surface area contributed by atoms with Gasteiger partial charge in [0, 0.05) is 271 Å². The molecule has 8 aromatic rings.